The number of benzene rings is 1. The molecule has 0 aromatic heterocycles. The fourth-order valence-corrected chi connectivity index (χ4v) is 2.23. The van der Waals surface area contributed by atoms with E-state index in [-0.39, 0.29) is 4.47 Å². The van der Waals surface area contributed by atoms with Crippen molar-refractivity contribution in [2.45, 2.75) is 11.3 Å². The smallest absolute Gasteiger partial charge is 0.405 e. The first-order chi connectivity index (χ1) is 7.52. The lowest BCUT2D eigenvalue weighted by molar-refractivity contribution is -0.274. The van der Waals surface area contributed by atoms with Crippen LogP contribution in [0.5, 0.6) is 5.75 Å². The van der Waals surface area contributed by atoms with Gasteiger partial charge < -0.3 is 10.5 Å². The van der Waals surface area contributed by atoms with Crippen LogP contribution in [-0.4, -0.2) is 14.8 Å². The van der Waals surface area contributed by atoms with Crippen molar-refractivity contribution in [2.75, 3.05) is 5.73 Å². The molecule has 0 unspecified atom stereocenters. The lowest BCUT2D eigenvalue weighted by atomic mass is 10.3. The first-order valence-electron chi connectivity index (χ1n) is 3.89. The molecule has 0 aliphatic rings. The quantitative estimate of drug-likeness (QED) is 0.802. The van der Waals surface area contributed by atoms with Crippen molar-refractivity contribution in [2.24, 2.45) is 5.14 Å². The molecule has 0 heterocycles. The molecule has 0 spiro atoms. The third-order valence-corrected chi connectivity index (χ3v) is 3.42. The van der Waals surface area contributed by atoms with Gasteiger partial charge in [0.25, 0.3) is 0 Å². The molecular formula is C7H6BrF3N2O3S. The third kappa shape index (κ3) is 3.48. The molecule has 17 heavy (non-hydrogen) atoms. The molecule has 0 aliphatic heterocycles. The van der Waals surface area contributed by atoms with Crippen LogP contribution >= 0.6 is 15.9 Å². The Hall–Kier alpha value is -1.00. The highest BCUT2D eigenvalue weighted by Gasteiger charge is 2.32. The summed E-state index contributed by atoms with van der Waals surface area (Å²) in [4.78, 5) is -0.487. The Kier molecular flexibility index (Phi) is 3.60. The van der Waals surface area contributed by atoms with Gasteiger partial charge in [0, 0.05) is 0 Å². The van der Waals surface area contributed by atoms with Crippen LogP contribution in [-0.2, 0) is 10.0 Å². The number of hydrogen-bond acceptors (Lipinski definition) is 4. The Labute approximate surface area is 103 Å². The van der Waals surface area contributed by atoms with Gasteiger partial charge in [-0.3, -0.25) is 0 Å². The van der Waals surface area contributed by atoms with Gasteiger partial charge in [0.15, 0.2) is 0 Å². The molecule has 4 N–H and O–H groups in total. The number of anilines is 1. The van der Waals surface area contributed by atoms with E-state index in [2.05, 4.69) is 20.7 Å². The molecule has 96 valence electrons. The first kappa shape index (κ1) is 14.1. The monoisotopic (exact) mass is 334 g/mol. The summed E-state index contributed by atoms with van der Waals surface area (Å²) in [6, 6.07) is 1.63. The minimum Gasteiger partial charge on any atom is -0.405 e. The predicted molar refractivity (Wildman–Crippen MR) is 56.6 cm³/mol. The van der Waals surface area contributed by atoms with Crippen molar-refractivity contribution < 1.29 is 26.3 Å². The number of primary sulfonamides is 1. The van der Waals surface area contributed by atoms with Crippen LogP contribution in [0.1, 0.15) is 0 Å². The molecule has 0 saturated heterocycles. The summed E-state index contributed by atoms with van der Waals surface area (Å²) < 4.78 is 61.2. The van der Waals surface area contributed by atoms with Crippen LogP contribution in [0.4, 0.5) is 18.9 Å². The Balaban J connectivity index is 3.30. The highest BCUT2D eigenvalue weighted by Crippen LogP contribution is 2.37. The minimum atomic E-state index is -4.90. The number of hydrogen-bond donors (Lipinski definition) is 2. The maximum absolute atomic E-state index is 12.0. The zero-order valence-corrected chi connectivity index (χ0v) is 10.4. The lowest BCUT2D eigenvalue weighted by Gasteiger charge is -2.13. The fourth-order valence-electron chi connectivity index (χ4n) is 1.01. The van der Waals surface area contributed by atoms with E-state index in [0.717, 1.165) is 12.1 Å². The zero-order valence-electron chi connectivity index (χ0n) is 7.95. The van der Waals surface area contributed by atoms with E-state index in [0.29, 0.717) is 0 Å². The van der Waals surface area contributed by atoms with Crippen LogP contribution < -0.4 is 15.6 Å². The molecule has 1 aromatic rings. The standard InChI is InChI=1S/C7H6BrF3N2O3S/c8-5-3(16-7(9,10)11)1-2-4(6(5)12)17(13,14)15/h1-2H,12H2,(H2,13,14,15). The molecule has 5 nitrogen and oxygen atoms in total. The van der Waals surface area contributed by atoms with E-state index in [1.54, 1.807) is 0 Å². The molecule has 10 heteroatoms. The average Bonchev–Trinajstić information content (AvgIpc) is 2.08. The second kappa shape index (κ2) is 4.35. The number of alkyl halides is 3. The van der Waals surface area contributed by atoms with Crippen molar-refractivity contribution in [1.29, 1.82) is 0 Å². The SMILES string of the molecule is Nc1c(S(N)(=O)=O)ccc(OC(F)(F)F)c1Br. The van der Waals surface area contributed by atoms with Crippen LogP contribution in [0, 0.1) is 0 Å². The Morgan fingerprint density at radius 2 is 1.82 bits per heavy atom. The third-order valence-electron chi connectivity index (χ3n) is 1.64. The van der Waals surface area contributed by atoms with Crippen LogP contribution in [0.2, 0.25) is 0 Å². The minimum absolute atomic E-state index is 0.332. The van der Waals surface area contributed by atoms with E-state index in [1.165, 1.54) is 0 Å². The van der Waals surface area contributed by atoms with Gasteiger partial charge in [0.1, 0.15) is 10.6 Å². The normalized spacial score (nSPS) is 12.5. The molecule has 0 radical (unpaired) electrons. The summed E-state index contributed by atoms with van der Waals surface area (Å²) in [5, 5.41) is 4.81. The number of ether oxygens (including phenoxy) is 1. The number of nitrogens with two attached hydrogens (primary N) is 2. The van der Waals surface area contributed by atoms with Crippen molar-refractivity contribution in [3.05, 3.63) is 16.6 Å². The summed E-state index contributed by atoms with van der Waals surface area (Å²) >= 11 is 2.71. The number of halogens is 4. The van der Waals surface area contributed by atoms with E-state index in [4.69, 9.17) is 10.9 Å². The largest absolute Gasteiger partial charge is 0.573 e. The van der Waals surface area contributed by atoms with Crippen molar-refractivity contribution in [1.82, 2.24) is 0 Å². The van der Waals surface area contributed by atoms with Crippen molar-refractivity contribution in [3.8, 4) is 5.75 Å². The van der Waals surface area contributed by atoms with E-state index < -0.39 is 32.7 Å². The summed E-state index contributed by atoms with van der Waals surface area (Å²) in [6.07, 6.45) is -4.90. The van der Waals surface area contributed by atoms with E-state index >= 15 is 0 Å². The lowest BCUT2D eigenvalue weighted by Crippen LogP contribution is -2.19. The van der Waals surface area contributed by atoms with Crippen molar-refractivity contribution in [3.63, 3.8) is 0 Å². The zero-order chi connectivity index (χ0) is 13.4. The summed E-state index contributed by atoms with van der Waals surface area (Å²) in [7, 11) is -4.11. The van der Waals surface area contributed by atoms with Gasteiger partial charge in [-0.25, -0.2) is 13.6 Å². The van der Waals surface area contributed by atoms with Crippen LogP contribution in [0.3, 0.4) is 0 Å². The highest BCUT2D eigenvalue weighted by atomic mass is 79.9. The van der Waals surface area contributed by atoms with Gasteiger partial charge in [-0.1, -0.05) is 0 Å². The molecule has 0 atom stereocenters. The van der Waals surface area contributed by atoms with Crippen LogP contribution in [0.15, 0.2) is 21.5 Å². The maximum Gasteiger partial charge on any atom is 0.573 e. The summed E-state index contributed by atoms with van der Waals surface area (Å²) in [5.74, 6) is -0.651. The van der Waals surface area contributed by atoms with E-state index in [9.17, 15) is 21.6 Å². The Bertz CT molecular complexity index is 544. The molecular weight excluding hydrogens is 329 g/mol. The van der Waals surface area contributed by atoms with Gasteiger partial charge in [-0.15, -0.1) is 13.2 Å². The molecule has 1 aromatic carbocycles. The van der Waals surface area contributed by atoms with Crippen LogP contribution in [0.25, 0.3) is 0 Å². The second-order valence-electron chi connectivity index (χ2n) is 2.88. The predicted octanol–water partition coefficient (Wildman–Crippen LogP) is 1.58. The molecule has 0 bridgehead atoms. The van der Waals surface area contributed by atoms with Gasteiger partial charge in [0.05, 0.1) is 10.2 Å². The second-order valence-corrected chi connectivity index (χ2v) is 5.21. The van der Waals surface area contributed by atoms with Gasteiger partial charge in [0.2, 0.25) is 10.0 Å². The van der Waals surface area contributed by atoms with Crippen molar-refractivity contribution >= 4 is 31.6 Å². The van der Waals surface area contributed by atoms with Gasteiger partial charge in [-0.05, 0) is 28.1 Å². The number of rotatable bonds is 2. The molecule has 1 rings (SSSR count). The first-order valence-corrected chi connectivity index (χ1v) is 6.23. The molecule has 0 saturated carbocycles. The maximum atomic E-state index is 12.0. The van der Waals surface area contributed by atoms with Gasteiger partial charge >= 0.3 is 6.36 Å². The summed E-state index contributed by atoms with van der Waals surface area (Å²) in [5.41, 5.74) is 4.89. The molecule has 0 aliphatic carbocycles. The summed E-state index contributed by atoms with van der Waals surface area (Å²) in [6.45, 7) is 0. The Morgan fingerprint density at radius 1 is 1.29 bits per heavy atom. The molecule has 0 amide bonds. The fraction of sp³-hybridized carbons (Fsp3) is 0.143. The number of nitrogen functional groups attached to an aromatic ring is 1. The van der Waals surface area contributed by atoms with E-state index in [1.807, 2.05) is 0 Å². The topological polar surface area (TPSA) is 95.4 Å². The van der Waals surface area contributed by atoms with Gasteiger partial charge in [-0.2, -0.15) is 0 Å². The average molecular weight is 335 g/mol. The number of sulfonamides is 1. The molecule has 0 fully saturated rings. The highest BCUT2D eigenvalue weighted by molar-refractivity contribution is 9.10. The Morgan fingerprint density at radius 3 is 2.24 bits per heavy atom.